The summed E-state index contributed by atoms with van der Waals surface area (Å²) in [6, 6.07) is 47.1. The van der Waals surface area contributed by atoms with Crippen LogP contribution in [0.2, 0.25) is 0 Å². The Morgan fingerprint density at radius 3 is 1.75 bits per heavy atom. The maximum atomic E-state index is 6.77. The topological polar surface area (TPSA) is 26.3 Å². The molecule has 2 aromatic heterocycles. The van der Waals surface area contributed by atoms with E-state index in [1.54, 1.807) is 0 Å². The van der Waals surface area contributed by atoms with Crippen LogP contribution in [0, 0.1) is 0 Å². The average molecular weight is 565 g/mol. The fourth-order valence-corrected chi connectivity index (χ4v) is 6.86. The van der Waals surface area contributed by atoms with Crippen LogP contribution >= 0.6 is 0 Å². The second kappa shape index (κ2) is 10.00. The lowest BCUT2D eigenvalue weighted by molar-refractivity contribution is 0.633. The SMILES string of the molecule is C1=CC(c2cccc3c2oc2c3ccc3c4cccc(-c5cccc(-c6ccccc6)c5)c4oc32)=CC(c2ccccc2)C1. The Labute approximate surface area is 255 Å². The number of rotatable bonds is 4. The Kier molecular flexibility index (Phi) is 5.67. The predicted octanol–water partition coefficient (Wildman–Crippen LogP) is 11.9. The van der Waals surface area contributed by atoms with Crippen LogP contribution in [0.5, 0.6) is 0 Å². The molecule has 2 heterocycles. The van der Waals surface area contributed by atoms with Gasteiger partial charge in [0.25, 0.3) is 0 Å². The molecule has 6 aromatic carbocycles. The molecule has 1 aliphatic carbocycles. The van der Waals surface area contributed by atoms with Crippen LogP contribution in [0.15, 0.2) is 161 Å². The number of para-hydroxylation sites is 2. The van der Waals surface area contributed by atoms with E-state index in [4.69, 9.17) is 8.83 Å². The van der Waals surface area contributed by atoms with Gasteiger partial charge in [-0.3, -0.25) is 0 Å². The lowest BCUT2D eigenvalue weighted by atomic mass is 9.87. The third-order valence-electron chi connectivity index (χ3n) is 9.02. The first-order chi connectivity index (χ1) is 21.8. The first-order valence-corrected chi connectivity index (χ1v) is 15.2. The summed E-state index contributed by atoms with van der Waals surface area (Å²) < 4.78 is 13.5. The smallest absolute Gasteiger partial charge is 0.178 e. The van der Waals surface area contributed by atoms with Crippen molar-refractivity contribution in [1.82, 2.24) is 0 Å². The third-order valence-corrected chi connectivity index (χ3v) is 9.02. The monoisotopic (exact) mass is 564 g/mol. The molecule has 0 radical (unpaired) electrons. The molecule has 0 bridgehead atoms. The fourth-order valence-electron chi connectivity index (χ4n) is 6.86. The number of allylic oxidation sites excluding steroid dienone is 4. The minimum atomic E-state index is 0.344. The van der Waals surface area contributed by atoms with Gasteiger partial charge in [-0.05, 0) is 52.4 Å². The summed E-state index contributed by atoms with van der Waals surface area (Å²) in [5, 5.41) is 4.33. The van der Waals surface area contributed by atoms with Crippen molar-refractivity contribution < 1.29 is 8.83 Å². The molecule has 44 heavy (non-hydrogen) atoms. The Hall–Kier alpha value is -5.60. The zero-order chi connectivity index (χ0) is 29.0. The Balaban J connectivity index is 1.21. The van der Waals surface area contributed by atoms with E-state index in [2.05, 4.69) is 152 Å². The van der Waals surface area contributed by atoms with Crippen molar-refractivity contribution >= 4 is 49.5 Å². The molecule has 0 saturated carbocycles. The Bertz CT molecular complexity index is 2400. The van der Waals surface area contributed by atoms with Crippen molar-refractivity contribution in [3.63, 3.8) is 0 Å². The summed E-state index contributed by atoms with van der Waals surface area (Å²) in [6.07, 6.45) is 7.89. The van der Waals surface area contributed by atoms with E-state index in [0.717, 1.165) is 67.0 Å². The first kappa shape index (κ1) is 24.9. The summed E-state index contributed by atoms with van der Waals surface area (Å²) in [6.45, 7) is 0. The standard InChI is InChI=1S/C42H28O2/c1-3-11-27(12-4-1)29-15-7-17-31(25-29)33-19-9-21-35-37-23-24-38-36-22-10-20-34(40(36)44-42(38)41(37)43-39(33)35)32-18-8-16-30(26-32)28-13-5-2-6-14-28/h1-15,17-26,30H,16H2. The third kappa shape index (κ3) is 3.95. The molecule has 2 nitrogen and oxygen atoms in total. The molecule has 208 valence electrons. The molecule has 0 N–H and O–H groups in total. The second-order valence-electron chi connectivity index (χ2n) is 11.6. The largest absolute Gasteiger partial charge is 0.451 e. The highest BCUT2D eigenvalue weighted by Gasteiger charge is 2.21. The number of furan rings is 2. The molecule has 0 aliphatic heterocycles. The summed E-state index contributed by atoms with van der Waals surface area (Å²) in [5.74, 6) is 0.344. The average Bonchev–Trinajstić information content (AvgIpc) is 3.68. The predicted molar refractivity (Wildman–Crippen MR) is 183 cm³/mol. The maximum Gasteiger partial charge on any atom is 0.178 e. The molecule has 2 heteroatoms. The van der Waals surface area contributed by atoms with Crippen LogP contribution in [0.25, 0.3) is 71.7 Å². The lowest BCUT2D eigenvalue weighted by Crippen LogP contribution is -1.99. The Morgan fingerprint density at radius 2 is 1.02 bits per heavy atom. The van der Waals surface area contributed by atoms with E-state index in [9.17, 15) is 0 Å². The molecular weight excluding hydrogens is 536 g/mol. The van der Waals surface area contributed by atoms with Crippen LogP contribution in [0.3, 0.4) is 0 Å². The van der Waals surface area contributed by atoms with Crippen LogP contribution in [-0.4, -0.2) is 0 Å². The number of fused-ring (bicyclic) bond motifs is 7. The first-order valence-electron chi connectivity index (χ1n) is 15.2. The van der Waals surface area contributed by atoms with Crippen molar-refractivity contribution in [2.75, 3.05) is 0 Å². The van der Waals surface area contributed by atoms with Gasteiger partial charge in [0.2, 0.25) is 0 Å². The minimum Gasteiger partial charge on any atom is -0.451 e. The highest BCUT2D eigenvalue weighted by atomic mass is 16.4. The molecule has 9 rings (SSSR count). The van der Waals surface area contributed by atoms with Crippen molar-refractivity contribution in [1.29, 1.82) is 0 Å². The molecule has 0 amide bonds. The summed E-state index contributed by atoms with van der Waals surface area (Å²) >= 11 is 0. The molecule has 0 fully saturated rings. The van der Waals surface area contributed by atoms with Gasteiger partial charge in [0, 0.05) is 38.6 Å². The van der Waals surface area contributed by atoms with Crippen LogP contribution in [0.1, 0.15) is 23.5 Å². The molecular formula is C42H28O2. The van der Waals surface area contributed by atoms with Crippen LogP contribution in [0.4, 0.5) is 0 Å². The normalized spacial score (nSPS) is 15.0. The maximum absolute atomic E-state index is 6.77. The van der Waals surface area contributed by atoms with Gasteiger partial charge >= 0.3 is 0 Å². The molecule has 1 unspecified atom stereocenters. The van der Waals surface area contributed by atoms with Gasteiger partial charge in [-0.2, -0.15) is 0 Å². The van der Waals surface area contributed by atoms with E-state index in [-0.39, 0.29) is 0 Å². The highest BCUT2D eigenvalue weighted by molar-refractivity contribution is 6.21. The van der Waals surface area contributed by atoms with Gasteiger partial charge in [0.15, 0.2) is 11.2 Å². The number of hydrogen-bond acceptors (Lipinski definition) is 2. The van der Waals surface area contributed by atoms with Gasteiger partial charge in [-0.1, -0.05) is 133 Å². The van der Waals surface area contributed by atoms with Crippen molar-refractivity contribution in [2.45, 2.75) is 12.3 Å². The highest BCUT2D eigenvalue weighted by Crippen LogP contribution is 2.43. The van der Waals surface area contributed by atoms with Gasteiger partial charge in [-0.15, -0.1) is 0 Å². The van der Waals surface area contributed by atoms with Crippen molar-refractivity contribution in [3.05, 3.63) is 163 Å². The summed E-state index contributed by atoms with van der Waals surface area (Å²) in [4.78, 5) is 0. The zero-order valence-corrected chi connectivity index (χ0v) is 24.0. The van der Waals surface area contributed by atoms with Crippen LogP contribution in [-0.2, 0) is 0 Å². The van der Waals surface area contributed by atoms with E-state index in [0.29, 0.717) is 5.92 Å². The van der Waals surface area contributed by atoms with Crippen molar-refractivity contribution in [3.8, 4) is 22.3 Å². The number of hydrogen-bond donors (Lipinski definition) is 0. The van der Waals surface area contributed by atoms with Crippen LogP contribution < -0.4 is 0 Å². The minimum absolute atomic E-state index is 0.344. The van der Waals surface area contributed by atoms with Gasteiger partial charge in [-0.25, -0.2) is 0 Å². The van der Waals surface area contributed by atoms with E-state index in [1.165, 1.54) is 22.3 Å². The van der Waals surface area contributed by atoms with E-state index in [1.807, 2.05) is 0 Å². The van der Waals surface area contributed by atoms with Gasteiger partial charge in [0.1, 0.15) is 11.2 Å². The molecule has 0 spiro atoms. The number of benzene rings is 6. The van der Waals surface area contributed by atoms with Gasteiger partial charge < -0.3 is 8.83 Å². The second-order valence-corrected chi connectivity index (χ2v) is 11.6. The summed E-state index contributed by atoms with van der Waals surface area (Å²) in [5.41, 5.74) is 11.6. The quantitative estimate of drug-likeness (QED) is 0.212. The van der Waals surface area contributed by atoms with Crippen molar-refractivity contribution in [2.24, 2.45) is 0 Å². The molecule has 0 saturated heterocycles. The van der Waals surface area contributed by atoms with E-state index < -0.39 is 0 Å². The molecule has 8 aromatic rings. The van der Waals surface area contributed by atoms with Gasteiger partial charge in [0.05, 0.1) is 0 Å². The molecule has 1 atom stereocenters. The van der Waals surface area contributed by atoms with E-state index >= 15 is 0 Å². The molecule has 1 aliphatic rings. The zero-order valence-electron chi connectivity index (χ0n) is 24.0. The summed E-state index contributed by atoms with van der Waals surface area (Å²) in [7, 11) is 0. The fraction of sp³-hybridized carbons (Fsp3) is 0.0476. The Morgan fingerprint density at radius 1 is 0.455 bits per heavy atom. The lowest BCUT2D eigenvalue weighted by Gasteiger charge is -2.17.